The summed E-state index contributed by atoms with van der Waals surface area (Å²) in [7, 11) is 0.0910. The molecule has 3 heteroatoms. The number of pyridine rings is 1. The van der Waals surface area contributed by atoms with Gasteiger partial charge >= 0.3 is 0 Å². The first-order valence-corrected chi connectivity index (χ1v) is 10.8. The van der Waals surface area contributed by atoms with Crippen LogP contribution in [0.2, 0.25) is 0 Å². The summed E-state index contributed by atoms with van der Waals surface area (Å²) >= 11 is 0. The number of unbranched alkanes of at least 4 members (excludes halogenated alkanes) is 1. The molecule has 2 nitrogen and oxygen atoms in total. The van der Waals surface area contributed by atoms with Crippen molar-refractivity contribution >= 4 is 13.9 Å². The predicted octanol–water partition coefficient (Wildman–Crippen LogP) is 5.71. The molecular formula is C23H31NOP+. The standard InChI is InChI=1S/C23H31NOP/c1-6-9-11-17-14-15-19-18(16-17)20-12-10-13-21(26-25)24(20)23(5,8-3)22(19,4)7-2/h10,12-16H,6-9,11H2,1-5H3/q+1. The van der Waals surface area contributed by atoms with Crippen molar-refractivity contribution in [3.05, 3.63) is 47.5 Å². The highest BCUT2D eigenvalue weighted by molar-refractivity contribution is 7.33. The minimum absolute atomic E-state index is 0.00116. The molecule has 138 valence electrons. The highest BCUT2D eigenvalue weighted by atomic mass is 31.1. The number of aromatic nitrogens is 1. The summed E-state index contributed by atoms with van der Waals surface area (Å²) in [5, 5.41) is 0. The van der Waals surface area contributed by atoms with Crippen LogP contribution in [0.4, 0.5) is 0 Å². The molecule has 0 bridgehead atoms. The molecule has 3 rings (SSSR count). The van der Waals surface area contributed by atoms with Crippen molar-refractivity contribution in [1.82, 2.24) is 0 Å². The van der Waals surface area contributed by atoms with Crippen molar-refractivity contribution in [2.24, 2.45) is 0 Å². The molecule has 2 atom stereocenters. The lowest BCUT2D eigenvalue weighted by molar-refractivity contribution is -0.749. The monoisotopic (exact) mass is 368 g/mol. The molecule has 0 radical (unpaired) electrons. The molecule has 1 aliphatic rings. The van der Waals surface area contributed by atoms with E-state index in [4.69, 9.17) is 0 Å². The Balaban J connectivity index is 2.35. The van der Waals surface area contributed by atoms with Crippen molar-refractivity contribution in [1.29, 1.82) is 0 Å². The minimum Gasteiger partial charge on any atom is -0.263 e. The topological polar surface area (TPSA) is 20.9 Å². The third kappa shape index (κ3) is 2.65. The normalized spacial score (nSPS) is 24.3. The van der Waals surface area contributed by atoms with Gasteiger partial charge in [0, 0.05) is 25.5 Å². The van der Waals surface area contributed by atoms with Crippen LogP contribution in [0.25, 0.3) is 11.3 Å². The fourth-order valence-corrected chi connectivity index (χ4v) is 5.33. The predicted molar refractivity (Wildman–Crippen MR) is 110 cm³/mol. The summed E-state index contributed by atoms with van der Waals surface area (Å²) in [5.41, 5.74) is 6.12. The number of rotatable bonds is 6. The van der Waals surface area contributed by atoms with Gasteiger partial charge in [-0.2, -0.15) is 4.57 Å². The van der Waals surface area contributed by atoms with E-state index in [2.05, 4.69) is 63.5 Å². The van der Waals surface area contributed by atoms with E-state index in [1.165, 1.54) is 35.2 Å². The van der Waals surface area contributed by atoms with Gasteiger partial charge in [-0.15, -0.1) is 0 Å². The largest absolute Gasteiger partial charge is 0.273 e. The summed E-state index contributed by atoms with van der Waals surface area (Å²) in [6.45, 7) is 11.5. The summed E-state index contributed by atoms with van der Waals surface area (Å²) in [6, 6.07) is 13.3. The third-order valence-electron chi connectivity index (χ3n) is 6.91. The van der Waals surface area contributed by atoms with E-state index >= 15 is 0 Å². The summed E-state index contributed by atoms with van der Waals surface area (Å²) in [6.07, 6.45) is 5.60. The van der Waals surface area contributed by atoms with E-state index in [1.54, 1.807) is 0 Å². The maximum atomic E-state index is 12.0. The van der Waals surface area contributed by atoms with Crippen LogP contribution < -0.4 is 10.0 Å². The Morgan fingerprint density at radius 3 is 2.42 bits per heavy atom. The van der Waals surface area contributed by atoms with Crippen LogP contribution in [0.15, 0.2) is 36.4 Å². The highest BCUT2D eigenvalue weighted by Gasteiger charge is 2.57. The minimum atomic E-state index is -0.108. The Hall–Kier alpha value is -1.53. The van der Waals surface area contributed by atoms with E-state index in [0.29, 0.717) is 0 Å². The zero-order valence-electron chi connectivity index (χ0n) is 16.8. The van der Waals surface area contributed by atoms with Gasteiger partial charge in [0.2, 0.25) is 5.69 Å². The van der Waals surface area contributed by atoms with Crippen molar-refractivity contribution in [3.8, 4) is 11.3 Å². The first kappa shape index (κ1) is 19.2. The molecule has 26 heavy (non-hydrogen) atoms. The van der Waals surface area contributed by atoms with Crippen molar-refractivity contribution in [3.63, 3.8) is 0 Å². The SMILES string of the molecule is CCCCc1ccc2c(c1)-c1cccc(P=O)[n+]1C(C)(CC)C2(C)CC. The molecule has 0 aliphatic carbocycles. The molecule has 2 aromatic rings. The Morgan fingerprint density at radius 2 is 1.81 bits per heavy atom. The Bertz CT molecular complexity index is 831. The van der Waals surface area contributed by atoms with Gasteiger partial charge < -0.3 is 0 Å². The van der Waals surface area contributed by atoms with Crippen LogP contribution in [0.1, 0.15) is 71.4 Å². The van der Waals surface area contributed by atoms with E-state index in [-0.39, 0.29) is 19.4 Å². The van der Waals surface area contributed by atoms with Crippen LogP contribution in [0.3, 0.4) is 0 Å². The average Bonchev–Trinajstić information content (AvgIpc) is 2.69. The van der Waals surface area contributed by atoms with Gasteiger partial charge in [-0.05, 0) is 49.4 Å². The lowest BCUT2D eigenvalue weighted by atomic mass is 9.60. The first-order valence-electron chi connectivity index (χ1n) is 9.99. The van der Waals surface area contributed by atoms with Gasteiger partial charge in [0.25, 0.3) is 13.9 Å². The van der Waals surface area contributed by atoms with Crippen LogP contribution in [-0.2, 0) is 21.9 Å². The number of benzene rings is 1. The summed E-state index contributed by atoms with van der Waals surface area (Å²) < 4.78 is 14.3. The lowest BCUT2D eigenvalue weighted by Gasteiger charge is -2.46. The number of fused-ring (bicyclic) bond motifs is 3. The van der Waals surface area contributed by atoms with Crippen molar-refractivity contribution in [2.45, 2.75) is 77.7 Å². The second kappa shape index (κ2) is 7.24. The van der Waals surface area contributed by atoms with Gasteiger partial charge in [0.05, 0.1) is 11.0 Å². The zero-order valence-corrected chi connectivity index (χ0v) is 17.7. The summed E-state index contributed by atoms with van der Waals surface area (Å²) in [4.78, 5) is 0. The van der Waals surface area contributed by atoms with Crippen LogP contribution in [0, 0.1) is 0 Å². The maximum absolute atomic E-state index is 12.0. The fraction of sp³-hybridized carbons (Fsp3) is 0.522. The van der Waals surface area contributed by atoms with Crippen LogP contribution in [-0.4, -0.2) is 0 Å². The average molecular weight is 368 g/mol. The molecule has 2 unspecified atom stereocenters. The molecule has 0 amide bonds. The molecule has 0 N–H and O–H groups in total. The molecule has 0 spiro atoms. The molecule has 1 aromatic carbocycles. The van der Waals surface area contributed by atoms with Gasteiger partial charge in [-0.1, -0.05) is 39.3 Å². The summed E-state index contributed by atoms with van der Waals surface area (Å²) in [5.74, 6) is 0. The second-order valence-electron chi connectivity index (χ2n) is 7.99. The van der Waals surface area contributed by atoms with Crippen molar-refractivity contribution in [2.75, 3.05) is 0 Å². The molecule has 1 aromatic heterocycles. The Labute approximate surface area is 159 Å². The van der Waals surface area contributed by atoms with E-state index in [1.807, 2.05) is 12.1 Å². The van der Waals surface area contributed by atoms with E-state index in [0.717, 1.165) is 24.7 Å². The van der Waals surface area contributed by atoms with Gasteiger partial charge in [0.1, 0.15) is 0 Å². The van der Waals surface area contributed by atoms with Gasteiger partial charge in [-0.25, -0.2) is 0 Å². The number of hydrogen-bond acceptors (Lipinski definition) is 1. The lowest BCUT2D eigenvalue weighted by Crippen LogP contribution is -2.72. The molecule has 0 saturated heterocycles. The van der Waals surface area contributed by atoms with Gasteiger partial charge in [-0.3, -0.25) is 4.57 Å². The van der Waals surface area contributed by atoms with E-state index in [9.17, 15) is 4.57 Å². The Kier molecular flexibility index (Phi) is 5.35. The maximum Gasteiger partial charge on any atom is 0.273 e. The fourth-order valence-electron chi connectivity index (χ4n) is 4.78. The molecular weight excluding hydrogens is 337 g/mol. The number of hydrogen-bond donors (Lipinski definition) is 0. The van der Waals surface area contributed by atoms with Crippen molar-refractivity contribution < 1.29 is 9.13 Å². The molecule has 1 aliphatic heterocycles. The van der Waals surface area contributed by atoms with Gasteiger partial charge in [0.15, 0.2) is 5.54 Å². The first-order chi connectivity index (χ1) is 12.5. The second-order valence-corrected chi connectivity index (χ2v) is 8.63. The van der Waals surface area contributed by atoms with E-state index < -0.39 is 0 Å². The van der Waals surface area contributed by atoms with Crippen LogP contribution >= 0.6 is 8.46 Å². The quantitative estimate of drug-likeness (QED) is 0.473. The highest BCUT2D eigenvalue weighted by Crippen LogP contribution is 2.49. The molecule has 0 saturated carbocycles. The molecule has 0 fully saturated rings. The third-order valence-corrected chi connectivity index (χ3v) is 7.45. The Morgan fingerprint density at radius 1 is 1.04 bits per heavy atom. The molecule has 2 heterocycles. The number of aryl methyl sites for hydroxylation is 1. The number of nitrogens with zero attached hydrogens (tertiary/aromatic N) is 1. The smallest absolute Gasteiger partial charge is 0.263 e. The van der Waals surface area contributed by atoms with Crippen LogP contribution in [0.5, 0.6) is 0 Å². The zero-order chi connectivity index (χ0) is 18.9.